The standard InChI is InChI=1S/C56H61Br2N5O8/c1-8-13-33-22-42-52(44(64)24-33)50(40(29-59)31(6)61-42)35-15-19-46(48(26-35)67-11-4)70-54(57)38-18-17-37(63-56(66)69-21-10-3)28-39(38)55(58)71-47-20-16-36(27-49(47)68-12-5)51-41(30-60)32(7)62-43-23-34(14-9-2)25-45(65)53(43)51/h10,15-20,26-28,33-34,50-51,54-55,61-62H,3,8-9,11-14,21-25H2,1-2,4-7H3,(H,63,66). The van der Waals surface area contributed by atoms with E-state index in [4.69, 9.17) is 23.7 Å². The first-order valence-corrected chi connectivity index (χ1v) is 26.2. The number of alkyl halides is 2. The summed E-state index contributed by atoms with van der Waals surface area (Å²) in [6, 6.07) is 21.0. The molecule has 3 aromatic rings. The van der Waals surface area contributed by atoms with Crippen LogP contribution in [0, 0.1) is 34.5 Å². The number of allylic oxidation sites excluding steroid dienone is 8. The van der Waals surface area contributed by atoms with E-state index in [1.54, 1.807) is 30.3 Å². The van der Waals surface area contributed by atoms with Crippen molar-refractivity contribution in [3.63, 3.8) is 0 Å². The van der Waals surface area contributed by atoms with E-state index in [1.807, 2.05) is 52.0 Å². The Morgan fingerprint density at radius 2 is 1.20 bits per heavy atom. The van der Waals surface area contributed by atoms with E-state index in [1.165, 1.54) is 6.08 Å². The Bertz CT molecular complexity index is 2800. The Morgan fingerprint density at radius 3 is 1.63 bits per heavy atom. The van der Waals surface area contributed by atoms with Gasteiger partial charge in [0.1, 0.15) is 6.61 Å². The van der Waals surface area contributed by atoms with Crippen LogP contribution in [0.4, 0.5) is 10.5 Å². The summed E-state index contributed by atoms with van der Waals surface area (Å²) in [5.41, 5.74) is 8.47. The summed E-state index contributed by atoms with van der Waals surface area (Å²) in [7, 11) is 0. The van der Waals surface area contributed by atoms with Gasteiger partial charge in [-0.25, -0.2) is 4.79 Å². The Kier molecular flexibility index (Phi) is 17.6. The van der Waals surface area contributed by atoms with Crippen LogP contribution in [0.3, 0.4) is 0 Å². The maximum atomic E-state index is 13.9. The molecule has 3 N–H and O–H groups in total. The molecule has 7 rings (SSSR count). The van der Waals surface area contributed by atoms with Gasteiger partial charge >= 0.3 is 6.09 Å². The molecular formula is C56H61Br2N5O8. The second-order valence-corrected chi connectivity index (χ2v) is 19.8. The van der Waals surface area contributed by atoms with E-state index in [0.29, 0.717) is 88.2 Å². The van der Waals surface area contributed by atoms with Gasteiger partial charge in [-0.2, -0.15) is 10.5 Å². The van der Waals surface area contributed by atoms with Crippen LogP contribution in [0.5, 0.6) is 23.0 Å². The average molecular weight is 1090 g/mol. The van der Waals surface area contributed by atoms with Crippen LogP contribution < -0.4 is 34.9 Å². The minimum Gasteiger partial charge on any atom is -0.490 e. The Balaban J connectivity index is 1.22. The van der Waals surface area contributed by atoms with Gasteiger partial charge in [0, 0.05) is 63.6 Å². The van der Waals surface area contributed by atoms with E-state index in [0.717, 1.165) is 72.4 Å². The predicted octanol–water partition coefficient (Wildman–Crippen LogP) is 13.2. The number of anilines is 1. The number of Topliss-reactive ketones (excluding diaryl/α,β-unsaturated/α-hetero) is 2. The Hall–Kier alpha value is -6.29. The van der Waals surface area contributed by atoms with Gasteiger partial charge in [0.2, 0.25) is 0 Å². The Labute approximate surface area is 433 Å². The quantitative estimate of drug-likeness (QED) is 0.0765. The van der Waals surface area contributed by atoms with Crippen LogP contribution >= 0.6 is 31.9 Å². The first-order valence-electron chi connectivity index (χ1n) is 24.4. The van der Waals surface area contributed by atoms with Crippen molar-refractivity contribution >= 4 is 55.2 Å². The summed E-state index contributed by atoms with van der Waals surface area (Å²) in [4.78, 5) is 40.5. The number of hydrogen-bond donors (Lipinski definition) is 3. The lowest BCUT2D eigenvalue weighted by atomic mass is 9.72. The van der Waals surface area contributed by atoms with E-state index < -0.39 is 28.0 Å². The van der Waals surface area contributed by atoms with Gasteiger partial charge in [0.05, 0.1) is 48.3 Å². The number of halogens is 2. The highest BCUT2D eigenvalue weighted by Gasteiger charge is 2.40. The number of nitriles is 2. The summed E-state index contributed by atoms with van der Waals surface area (Å²) in [6.07, 6.45) is 7.04. The zero-order valence-electron chi connectivity index (χ0n) is 41.1. The van der Waals surface area contributed by atoms with Gasteiger partial charge in [0.15, 0.2) is 44.6 Å². The minimum atomic E-state index is -0.863. The number of dihydropyridines is 2. The molecule has 15 heteroatoms. The lowest BCUT2D eigenvalue weighted by Crippen LogP contribution is -2.34. The second-order valence-electron chi connectivity index (χ2n) is 18.2. The van der Waals surface area contributed by atoms with E-state index in [2.05, 4.69) is 80.4 Å². The molecular weight excluding hydrogens is 1030 g/mol. The highest BCUT2D eigenvalue weighted by Crippen LogP contribution is 2.49. The number of rotatable bonds is 19. The number of carbonyl (C=O) groups is 3. The van der Waals surface area contributed by atoms with Gasteiger partial charge in [0.25, 0.3) is 0 Å². The van der Waals surface area contributed by atoms with Gasteiger partial charge in [-0.05, 0) is 145 Å². The molecule has 3 aromatic carbocycles. The van der Waals surface area contributed by atoms with E-state index >= 15 is 0 Å². The fraction of sp³-hybridized carbons (Fsp3) is 0.411. The van der Waals surface area contributed by atoms with Crippen molar-refractivity contribution in [1.82, 2.24) is 10.6 Å². The summed E-state index contributed by atoms with van der Waals surface area (Å²) in [5.74, 6) is 1.05. The zero-order chi connectivity index (χ0) is 50.9. The topological polar surface area (TPSA) is 181 Å². The fourth-order valence-corrected chi connectivity index (χ4v) is 11.5. The number of ketones is 2. The number of ether oxygens (including phenoxy) is 5. The molecule has 6 unspecified atom stereocenters. The van der Waals surface area contributed by atoms with Crippen molar-refractivity contribution in [2.75, 3.05) is 25.1 Å². The third kappa shape index (κ3) is 11.6. The van der Waals surface area contributed by atoms with Crippen molar-refractivity contribution in [1.29, 1.82) is 10.5 Å². The third-order valence-electron chi connectivity index (χ3n) is 13.3. The zero-order valence-corrected chi connectivity index (χ0v) is 44.3. The van der Waals surface area contributed by atoms with Gasteiger partial charge < -0.3 is 34.3 Å². The number of hydrogen-bond acceptors (Lipinski definition) is 12. The molecule has 0 saturated carbocycles. The molecule has 71 heavy (non-hydrogen) atoms. The van der Waals surface area contributed by atoms with E-state index in [9.17, 15) is 24.9 Å². The normalized spacial score (nSPS) is 20.6. The van der Waals surface area contributed by atoms with Crippen LogP contribution in [0.15, 0.2) is 112 Å². The SMILES string of the molecule is C=CCOC(=O)Nc1ccc(C(Br)Oc2ccc(C3C(C#N)=C(C)NC4=C3C(=O)CC(CCC)C4)cc2OCC)c(C(Br)Oc2ccc(C3C(C#N)=C(C)NC4=C3C(=O)CC(CCC)C4)cc2OCC)c1. The molecule has 2 aliphatic heterocycles. The van der Waals surface area contributed by atoms with Crippen LogP contribution in [-0.4, -0.2) is 37.5 Å². The van der Waals surface area contributed by atoms with Crippen LogP contribution in [0.2, 0.25) is 0 Å². The molecule has 1 amide bonds. The molecule has 2 aliphatic carbocycles. The second kappa shape index (κ2) is 23.7. The Morgan fingerprint density at radius 1 is 0.718 bits per heavy atom. The van der Waals surface area contributed by atoms with Crippen molar-refractivity contribution in [3.05, 3.63) is 135 Å². The highest BCUT2D eigenvalue weighted by molar-refractivity contribution is 9.09. The lowest BCUT2D eigenvalue weighted by molar-refractivity contribution is -0.118. The van der Waals surface area contributed by atoms with Crippen LogP contribution in [0.25, 0.3) is 0 Å². The predicted molar refractivity (Wildman–Crippen MR) is 279 cm³/mol. The average Bonchev–Trinajstić information content (AvgIpc) is 3.33. The molecule has 0 bridgehead atoms. The highest BCUT2D eigenvalue weighted by atomic mass is 79.9. The minimum absolute atomic E-state index is 0.0179. The molecule has 0 radical (unpaired) electrons. The molecule has 0 fully saturated rings. The summed E-state index contributed by atoms with van der Waals surface area (Å²) in [6.45, 7) is 16.0. The van der Waals surface area contributed by atoms with Crippen LogP contribution in [-0.2, 0) is 14.3 Å². The van der Waals surface area contributed by atoms with Crippen molar-refractivity contribution in [3.8, 4) is 35.1 Å². The van der Waals surface area contributed by atoms with Crippen molar-refractivity contribution in [2.24, 2.45) is 11.8 Å². The number of carbonyl (C=O) groups excluding carboxylic acids is 3. The number of amides is 1. The number of nitrogens with zero attached hydrogens (tertiary/aromatic N) is 2. The third-order valence-corrected chi connectivity index (χ3v) is 14.6. The number of nitrogens with one attached hydrogen (secondary N) is 3. The number of benzene rings is 3. The maximum Gasteiger partial charge on any atom is 0.411 e. The molecule has 0 saturated heterocycles. The molecule has 0 aromatic heterocycles. The first kappa shape index (κ1) is 52.5. The van der Waals surface area contributed by atoms with Gasteiger partial charge in [-0.3, -0.25) is 14.9 Å². The molecule has 0 spiro atoms. The molecule has 6 atom stereocenters. The van der Waals surface area contributed by atoms with Gasteiger partial charge in [-0.15, -0.1) is 0 Å². The van der Waals surface area contributed by atoms with Crippen molar-refractivity contribution in [2.45, 2.75) is 115 Å². The molecule has 13 nitrogen and oxygen atoms in total. The smallest absolute Gasteiger partial charge is 0.411 e. The van der Waals surface area contributed by atoms with Crippen molar-refractivity contribution < 1.29 is 38.1 Å². The molecule has 372 valence electrons. The van der Waals surface area contributed by atoms with E-state index in [-0.39, 0.29) is 30.0 Å². The molecule has 2 heterocycles. The summed E-state index contributed by atoms with van der Waals surface area (Å²) >= 11 is 7.58. The maximum absolute atomic E-state index is 13.9. The largest absolute Gasteiger partial charge is 0.490 e. The van der Waals surface area contributed by atoms with Crippen LogP contribution in [0.1, 0.15) is 137 Å². The molecule has 4 aliphatic rings. The lowest BCUT2D eigenvalue weighted by Gasteiger charge is -2.35. The monoisotopic (exact) mass is 1090 g/mol. The fourth-order valence-electron chi connectivity index (χ4n) is 10.3. The van der Waals surface area contributed by atoms with Gasteiger partial charge in [-0.1, -0.05) is 57.5 Å². The summed E-state index contributed by atoms with van der Waals surface area (Å²) < 4.78 is 31.0. The summed E-state index contributed by atoms with van der Waals surface area (Å²) in [5, 5.41) is 28.8. The first-order chi connectivity index (χ1) is 34.3.